The number of carbonyl (C=O) groups is 3. The Balaban J connectivity index is 1.47. The fourth-order valence-corrected chi connectivity index (χ4v) is 5.23. The lowest BCUT2D eigenvalue weighted by Crippen LogP contribution is -2.76. The number of aromatic hydroxyl groups is 1. The molecule has 4 amide bonds. The predicted molar refractivity (Wildman–Crippen MR) is 141 cm³/mol. The van der Waals surface area contributed by atoms with Crippen molar-refractivity contribution in [1.29, 1.82) is 0 Å². The number of fused-ring (bicyclic) bond motifs is 1. The van der Waals surface area contributed by atoms with E-state index in [1.165, 1.54) is 32.0 Å². The van der Waals surface area contributed by atoms with Crippen LogP contribution >= 0.6 is 0 Å². The van der Waals surface area contributed by atoms with Gasteiger partial charge in [-0.15, -0.1) is 0 Å². The first kappa shape index (κ1) is 27.1. The minimum atomic E-state index is -1.01. The molecule has 0 aromatic heterocycles. The quantitative estimate of drug-likeness (QED) is 0.493. The number of carbonyl (C=O) groups excluding carboxylic acids is 3. The summed E-state index contributed by atoms with van der Waals surface area (Å²) < 4.78 is 28.5. The zero-order chi connectivity index (χ0) is 28.4. The lowest BCUT2D eigenvalue weighted by molar-refractivity contribution is -0.187. The molecule has 208 valence electrons. The van der Waals surface area contributed by atoms with Crippen LogP contribution in [-0.4, -0.2) is 75.1 Å². The average molecular weight is 550 g/mol. The highest BCUT2D eigenvalue weighted by molar-refractivity contribution is 5.91. The van der Waals surface area contributed by atoms with Crippen LogP contribution in [0.4, 0.5) is 13.6 Å². The third-order valence-electron chi connectivity index (χ3n) is 7.17. The molecule has 0 saturated carbocycles. The molecule has 11 heteroatoms. The number of hydrogen-bond donors (Lipinski definition) is 2. The van der Waals surface area contributed by atoms with Crippen LogP contribution in [0.3, 0.4) is 0 Å². The summed E-state index contributed by atoms with van der Waals surface area (Å²) in [5.74, 6) is -2.04. The summed E-state index contributed by atoms with van der Waals surface area (Å²) in [7, 11) is 1.61. The van der Waals surface area contributed by atoms with Crippen molar-refractivity contribution in [2.24, 2.45) is 0 Å². The Morgan fingerprint density at radius 2 is 1.73 bits per heavy atom. The number of phenols is 1. The van der Waals surface area contributed by atoms with Gasteiger partial charge in [0.05, 0.1) is 13.1 Å². The molecule has 2 unspecified atom stereocenters. The fourth-order valence-electron chi connectivity index (χ4n) is 5.23. The smallest absolute Gasteiger partial charge is 0.334 e. The number of phenolic OH excluding ortho intramolecular Hbond substituents is 1. The second-order valence-electron chi connectivity index (χ2n) is 9.93. The first-order chi connectivity index (χ1) is 19.2. The average Bonchev–Trinajstić information content (AvgIpc) is 2.93. The summed E-state index contributed by atoms with van der Waals surface area (Å²) in [6.07, 6.45) is -0.786. The number of piperazine rings is 1. The van der Waals surface area contributed by atoms with Crippen LogP contribution in [0.15, 0.2) is 72.8 Å². The number of hydrogen-bond acceptors (Lipinski definition) is 5. The molecule has 5 rings (SSSR count). The van der Waals surface area contributed by atoms with Crippen molar-refractivity contribution in [3.8, 4) is 5.75 Å². The minimum absolute atomic E-state index is 0.0132. The van der Waals surface area contributed by atoms with Crippen molar-refractivity contribution in [2.75, 3.05) is 20.1 Å². The molecule has 9 nitrogen and oxygen atoms in total. The van der Waals surface area contributed by atoms with Gasteiger partial charge in [0.25, 0.3) is 0 Å². The molecule has 2 aliphatic rings. The number of amides is 4. The fraction of sp³-hybridized carbons (Fsp3) is 0.276. The number of likely N-dealkylation sites (N-methyl/N-ethyl adjacent to an activating group) is 1. The Bertz CT molecular complexity index is 1410. The van der Waals surface area contributed by atoms with Crippen LogP contribution in [-0.2, 0) is 29.1 Å². The van der Waals surface area contributed by atoms with Crippen molar-refractivity contribution in [2.45, 2.75) is 31.7 Å². The highest BCUT2D eigenvalue weighted by Gasteiger charge is 2.50. The molecule has 2 saturated heterocycles. The van der Waals surface area contributed by atoms with Crippen LogP contribution in [0.1, 0.15) is 16.7 Å². The van der Waals surface area contributed by atoms with Gasteiger partial charge >= 0.3 is 6.03 Å². The molecule has 0 bridgehead atoms. The van der Waals surface area contributed by atoms with Crippen LogP contribution in [0.5, 0.6) is 5.75 Å². The van der Waals surface area contributed by atoms with Gasteiger partial charge in [0.1, 0.15) is 29.6 Å². The molecule has 2 fully saturated rings. The Kier molecular flexibility index (Phi) is 7.65. The van der Waals surface area contributed by atoms with Gasteiger partial charge in [-0.25, -0.2) is 23.6 Å². The molecule has 3 aromatic rings. The molecule has 40 heavy (non-hydrogen) atoms. The second kappa shape index (κ2) is 11.3. The Hall–Kier alpha value is -4.51. The first-order valence-corrected chi connectivity index (χ1v) is 12.8. The van der Waals surface area contributed by atoms with E-state index in [0.29, 0.717) is 5.56 Å². The van der Waals surface area contributed by atoms with Crippen molar-refractivity contribution < 1.29 is 28.3 Å². The molecule has 2 atom stereocenters. The monoisotopic (exact) mass is 549 g/mol. The topological polar surface area (TPSA) is 96.4 Å². The molecule has 2 heterocycles. The van der Waals surface area contributed by atoms with Crippen LogP contribution in [0.2, 0.25) is 0 Å². The Labute approximate surface area is 230 Å². The van der Waals surface area contributed by atoms with Crippen LogP contribution in [0, 0.1) is 11.6 Å². The van der Waals surface area contributed by atoms with Gasteiger partial charge in [0, 0.05) is 32.1 Å². The third kappa shape index (κ3) is 5.59. The van der Waals surface area contributed by atoms with Crippen molar-refractivity contribution >= 4 is 17.8 Å². The Morgan fingerprint density at radius 3 is 2.45 bits per heavy atom. The third-order valence-corrected chi connectivity index (χ3v) is 7.17. The van der Waals surface area contributed by atoms with Gasteiger partial charge in [-0.1, -0.05) is 42.5 Å². The van der Waals surface area contributed by atoms with Gasteiger partial charge in [0.15, 0.2) is 0 Å². The molecule has 3 aromatic carbocycles. The first-order valence-electron chi connectivity index (χ1n) is 12.8. The van der Waals surface area contributed by atoms with E-state index in [2.05, 4.69) is 5.32 Å². The molecular formula is C29H29F2N5O4. The highest BCUT2D eigenvalue weighted by Crippen LogP contribution is 2.29. The normalized spacial score (nSPS) is 19.5. The van der Waals surface area contributed by atoms with Gasteiger partial charge in [-0.2, -0.15) is 0 Å². The number of hydrazine groups is 1. The van der Waals surface area contributed by atoms with E-state index < -0.39 is 35.8 Å². The van der Waals surface area contributed by atoms with Crippen molar-refractivity contribution in [1.82, 2.24) is 25.1 Å². The molecule has 0 radical (unpaired) electrons. The molecule has 0 spiro atoms. The number of nitrogens with one attached hydrogen (secondary N) is 1. The SMILES string of the molecule is CN1CC(=O)N2C(Cc3ccc(O)cc3)C(=O)N(Cc3cc(F)ccc3F)CC2N1C(=O)NCc1ccccc1. The van der Waals surface area contributed by atoms with E-state index in [-0.39, 0.29) is 49.8 Å². The number of urea groups is 1. The Morgan fingerprint density at radius 1 is 1.00 bits per heavy atom. The maximum atomic E-state index is 14.6. The lowest BCUT2D eigenvalue weighted by atomic mass is 9.98. The number of benzene rings is 3. The van der Waals surface area contributed by atoms with E-state index in [1.807, 2.05) is 30.3 Å². The zero-order valence-corrected chi connectivity index (χ0v) is 21.8. The maximum Gasteiger partial charge on any atom is 0.334 e. The summed E-state index contributed by atoms with van der Waals surface area (Å²) in [5, 5.41) is 15.5. The molecular weight excluding hydrogens is 520 g/mol. The zero-order valence-electron chi connectivity index (χ0n) is 21.8. The van der Waals surface area contributed by atoms with Crippen LogP contribution < -0.4 is 5.32 Å². The van der Waals surface area contributed by atoms with Gasteiger partial charge in [-0.3, -0.25) is 9.59 Å². The molecule has 0 aliphatic carbocycles. The number of nitrogens with zero attached hydrogens (tertiary/aromatic N) is 4. The summed E-state index contributed by atoms with van der Waals surface area (Å²) in [4.78, 5) is 43.4. The second-order valence-corrected chi connectivity index (χ2v) is 9.93. The van der Waals surface area contributed by atoms with Gasteiger partial charge < -0.3 is 20.2 Å². The summed E-state index contributed by atoms with van der Waals surface area (Å²) in [5.41, 5.74) is 1.55. The standard InChI is InChI=1S/C29H29F2N5O4/c1-33-18-27(38)35-25(13-19-7-10-23(37)11-8-19)28(39)34(16-21-14-22(30)9-12-24(21)31)17-26(35)36(33)29(40)32-15-20-5-3-2-4-6-20/h2-12,14,25-26,37H,13,15-18H2,1H3,(H,32,40). The van der Waals surface area contributed by atoms with Crippen molar-refractivity contribution in [3.05, 3.63) is 101 Å². The maximum absolute atomic E-state index is 14.6. The molecule has 2 aliphatic heterocycles. The van der Waals surface area contributed by atoms with Gasteiger partial charge in [0.2, 0.25) is 11.8 Å². The number of rotatable bonds is 6. The largest absolute Gasteiger partial charge is 0.508 e. The summed E-state index contributed by atoms with van der Waals surface area (Å²) in [6.45, 7) is -0.224. The van der Waals surface area contributed by atoms with Crippen molar-refractivity contribution in [3.63, 3.8) is 0 Å². The van der Waals surface area contributed by atoms with Crippen LogP contribution in [0.25, 0.3) is 0 Å². The molecule has 2 N–H and O–H groups in total. The van der Waals surface area contributed by atoms with Gasteiger partial charge in [-0.05, 0) is 41.5 Å². The van der Waals surface area contributed by atoms with E-state index in [0.717, 1.165) is 23.8 Å². The summed E-state index contributed by atoms with van der Waals surface area (Å²) >= 11 is 0. The van der Waals surface area contributed by atoms with E-state index in [9.17, 15) is 28.3 Å². The van der Waals surface area contributed by atoms with E-state index >= 15 is 0 Å². The predicted octanol–water partition coefficient (Wildman–Crippen LogP) is 2.85. The highest BCUT2D eigenvalue weighted by atomic mass is 19.1. The van der Waals surface area contributed by atoms with E-state index in [1.54, 1.807) is 19.2 Å². The van der Waals surface area contributed by atoms with E-state index in [4.69, 9.17) is 0 Å². The number of halogens is 2. The lowest BCUT2D eigenvalue weighted by Gasteiger charge is -2.54. The minimum Gasteiger partial charge on any atom is -0.508 e. The summed E-state index contributed by atoms with van der Waals surface area (Å²) in [6, 6.07) is 17.2.